The Balaban J connectivity index is 0.000000314. The maximum absolute atomic E-state index is 5.93. The molecule has 325 valence electrons. The standard InChI is InChI=1S/C23H27NO2.C13H14O.C12H16NO.CH3I.CH3.2HI.Mg.V/c1-25-21-11-12-23-19(17-21)5-4-6-22(23)18-7-9-20(10-8-18)26-16-15-24-13-2-3-14-24;1-3-10-5-4-6-11-9-12(14-2)7-8-13(10)11;1-2-6-12(7-3-1)14-11-10-13-8-4-5-9-13;1-2;;;;;/h6-12,17H,2-5,13-16H2,1H3;3,5,7-9H,1,4,6H2,2H3;2-3,6-7H,4-5,8-11H2;1H3;1H3;2*1H;;/q;;-1;;-1;;;2*+2/p-2. The van der Waals surface area contributed by atoms with Gasteiger partial charge in [0.1, 0.15) is 23.9 Å². The smallest absolute Gasteiger partial charge is 0.518 e. The summed E-state index contributed by atoms with van der Waals surface area (Å²) >= 11 is 6.89. The van der Waals surface area contributed by atoms with Crippen molar-refractivity contribution in [2.24, 2.45) is 0 Å². The minimum absolute atomic E-state index is 0. The number of fused-ring (bicyclic) bond motifs is 2. The van der Waals surface area contributed by atoms with Gasteiger partial charge in [0.25, 0.3) is 0 Å². The van der Waals surface area contributed by atoms with E-state index in [0.29, 0.717) is 9.47 Å². The number of nitrogens with zero attached hydrogens (tertiary/aromatic N) is 2. The van der Waals surface area contributed by atoms with Crippen molar-refractivity contribution in [2.45, 2.75) is 51.4 Å². The number of aryl methyl sites for hydroxylation is 2. The van der Waals surface area contributed by atoms with E-state index >= 15 is 0 Å². The molecule has 2 aliphatic carbocycles. The van der Waals surface area contributed by atoms with Crippen LogP contribution in [0.3, 0.4) is 0 Å². The topological polar surface area (TPSA) is 43.4 Å². The van der Waals surface area contributed by atoms with Gasteiger partial charge in [-0.25, -0.2) is 0 Å². The van der Waals surface area contributed by atoms with Crippen molar-refractivity contribution in [3.05, 3.63) is 151 Å². The molecular weight excluding hydrogens is 1150 g/mol. The van der Waals surface area contributed by atoms with Crippen LogP contribution in [0.1, 0.15) is 66.3 Å². The minimum atomic E-state index is 0. The van der Waals surface area contributed by atoms with E-state index in [0.717, 1.165) is 75.0 Å². The monoisotopic (exact) mass is 1210 g/mol. The van der Waals surface area contributed by atoms with Crippen molar-refractivity contribution in [1.29, 1.82) is 0 Å². The van der Waals surface area contributed by atoms with Gasteiger partial charge in [-0.2, -0.15) is 18.2 Å². The first-order valence-corrected chi connectivity index (χ1v) is 31.7. The third-order valence-electron chi connectivity index (χ3n) is 10.6. The van der Waals surface area contributed by atoms with Crippen molar-refractivity contribution < 1.29 is 28.4 Å². The molecule has 6 nitrogen and oxygen atoms in total. The first-order chi connectivity index (χ1) is 29.0. The Hall–Kier alpha value is -1.24. The van der Waals surface area contributed by atoms with Gasteiger partial charge >= 0.3 is 72.5 Å². The molecule has 0 amide bonds. The second kappa shape index (κ2) is 33.3. The summed E-state index contributed by atoms with van der Waals surface area (Å²) in [5.74, 6) is 3.78. The van der Waals surface area contributed by atoms with Crippen LogP contribution in [-0.4, -0.2) is 104 Å². The summed E-state index contributed by atoms with van der Waals surface area (Å²) in [7, 11) is 4.06. The van der Waals surface area contributed by atoms with E-state index in [4.69, 9.17) is 18.9 Å². The Morgan fingerprint density at radius 2 is 1.10 bits per heavy atom. The third kappa shape index (κ3) is 19.4. The van der Waals surface area contributed by atoms with Gasteiger partial charge in [0, 0.05) is 18.8 Å². The molecule has 11 heteroatoms. The predicted octanol–water partition coefficient (Wildman–Crippen LogP) is 12.6. The normalized spacial score (nSPS) is 14.7. The quantitative estimate of drug-likeness (QED) is 0.0610. The molecule has 2 aliphatic heterocycles. The van der Waals surface area contributed by atoms with Crippen LogP contribution >= 0.6 is 62.5 Å². The fourth-order valence-corrected chi connectivity index (χ4v) is 7.59. The summed E-state index contributed by atoms with van der Waals surface area (Å²) in [6, 6.07) is 31.8. The van der Waals surface area contributed by atoms with Gasteiger partial charge in [0.05, 0.1) is 20.8 Å². The summed E-state index contributed by atoms with van der Waals surface area (Å²) in [6.07, 6.45) is 16.2. The zero-order valence-electron chi connectivity index (χ0n) is 36.7. The Labute approximate surface area is 427 Å². The number of hydrogen-bond donors (Lipinski definition) is 0. The number of alkyl halides is 1. The second-order valence-corrected chi connectivity index (χ2v) is 26.0. The van der Waals surface area contributed by atoms with Crippen LogP contribution in [0.2, 0.25) is 0 Å². The zero-order valence-corrected chi connectivity index (χ0v) is 45.9. The van der Waals surface area contributed by atoms with Crippen molar-refractivity contribution >= 4 is 96.7 Å². The van der Waals surface area contributed by atoms with Crippen LogP contribution in [0.25, 0.3) is 11.1 Å². The van der Waals surface area contributed by atoms with Crippen molar-refractivity contribution in [3.63, 3.8) is 0 Å². The van der Waals surface area contributed by atoms with E-state index in [-0.39, 0.29) is 30.5 Å². The zero-order chi connectivity index (χ0) is 42.1. The fourth-order valence-electron chi connectivity index (χ4n) is 7.59. The number of ether oxygens (including phenoxy) is 4. The van der Waals surface area contributed by atoms with Gasteiger partial charge in [-0.05, 0) is 158 Å². The van der Waals surface area contributed by atoms with Crippen molar-refractivity contribution in [3.8, 4) is 23.0 Å². The molecule has 0 N–H and O–H groups in total. The Bertz CT molecular complexity index is 1870. The van der Waals surface area contributed by atoms with Gasteiger partial charge in [-0.1, -0.05) is 71.7 Å². The molecule has 4 aromatic carbocycles. The van der Waals surface area contributed by atoms with E-state index in [1.54, 1.807) is 14.2 Å². The van der Waals surface area contributed by atoms with Gasteiger partial charge < -0.3 is 26.4 Å². The Morgan fingerprint density at radius 3 is 1.59 bits per heavy atom. The molecule has 0 radical (unpaired) electrons. The van der Waals surface area contributed by atoms with E-state index in [1.807, 2.05) is 47.4 Å². The molecular formula is C50H63I3MgN2O4V. The number of methoxy groups -OCH3 is 2. The average Bonchev–Trinajstić information content (AvgIpc) is 4.03. The first kappa shape index (κ1) is 55.9. The second-order valence-electron chi connectivity index (χ2n) is 14.2. The molecule has 4 aromatic rings. The summed E-state index contributed by atoms with van der Waals surface area (Å²) in [5, 5.41) is 0. The van der Waals surface area contributed by atoms with Crippen LogP contribution in [0, 0.1) is 13.5 Å². The van der Waals surface area contributed by atoms with Gasteiger partial charge in [0.15, 0.2) is 0 Å². The maximum atomic E-state index is 5.93. The Kier molecular flexibility index (Phi) is 30.5. The molecule has 0 saturated carbocycles. The number of halogens is 3. The van der Waals surface area contributed by atoms with Crippen LogP contribution in [0.4, 0.5) is 0 Å². The van der Waals surface area contributed by atoms with Crippen LogP contribution in [0.15, 0.2) is 110 Å². The summed E-state index contributed by atoms with van der Waals surface area (Å²) in [6.45, 7) is 12.4. The molecule has 0 atom stereocenters. The van der Waals surface area contributed by atoms with Gasteiger partial charge in [-0.3, -0.25) is 9.80 Å². The molecule has 0 unspecified atom stereocenters. The molecule has 61 heavy (non-hydrogen) atoms. The van der Waals surface area contributed by atoms with Crippen LogP contribution in [0.5, 0.6) is 23.0 Å². The van der Waals surface area contributed by atoms with Crippen molar-refractivity contribution in [2.75, 3.05) is 71.6 Å². The van der Waals surface area contributed by atoms with E-state index in [1.165, 1.54) is 90.8 Å². The maximum Gasteiger partial charge on any atom is 2.00 e. The molecule has 0 bridgehead atoms. The number of rotatable bonds is 12. The molecule has 2 fully saturated rings. The average molecular weight is 1210 g/mol. The van der Waals surface area contributed by atoms with Crippen LogP contribution < -0.4 is 18.9 Å². The first-order valence-electron chi connectivity index (χ1n) is 20.5. The molecule has 8 rings (SSSR count). The largest absolute Gasteiger partial charge is 2.00 e. The van der Waals surface area contributed by atoms with Crippen LogP contribution in [-0.2, 0) is 22.3 Å². The summed E-state index contributed by atoms with van der Waals surface area (Å²) in [4.78, 5) is 6.90. The SMILES string of the molecule is C=CC1=CCCc2cc(OC)ccc21.CI.COc1ccc2c(c1)CCC=C2c1ccc(OCCN2CCCC2)cc1.[CH3-].[I][V][I].[Mg+2].[c-]1ccc(OCCN2CCCC2)cc1. The van der Waals surface area contributed by atoms with E-state index in [9.17, 15) is 0 Å². The molecule has 0 aromatic heterocycles. The number of likely N-dealkylation sites (tertiary alicyclic amines) is 2. The molecule has 2 heterocycles. The molecule has 0 spiro atoms. The van der Waals surface area contributed by atoms with Gasteiger partial charge in [-0.15, -0.1) is 12.1 Å². The number of allylic oxidation sites excluding steroid dienone is 4. The van der Waals surface area contributed by atoms with Crippen molar-refractivity contribution in [1.82, 2.24) is 9.80 Å². The fraction of sp³-hybridized carbons (Fsp3) is 0.380. The Morgan fingerprint density at radius 1 is 0.656 bits per heavy atom. The third-order valence-corrected chi connectivity index (χ3v) is 10.6. The summed E-state index contributed by atoms with van der Waals surface area (Å²) in [5.41, 5.74) is 9.16. The summed E-state index contributed by atoms with van der Waals surface area (Å²) < 4.78 is 22.1. The number of hydrogen-bond acceptors (Lipinski definition) is 6. The molecule has 2 saturated heterocycles. The van der Waals surface area contributed by atoms with Gasteiger partial charge in [0.2, 0.25) is 0 Å². The van der Waals surface area contributed by atoms with E-state index < -0.39 is 0 Å². The minimum Gasteiger partial charge on any atom is -0.518 e. The predicted molar refractivity (Wildman–Crippen MR) is 282 cm³/mol. The number of benzene rings is 4. The van der Waals surface area contributed by atoms with E-state index in [2.05, 4.69) is 146 Å². The molecule has 4 aliphatic rings.